The first-order valence-corrected chi connectivity index (χ1v) is 18.4. The second kappa shape index (κ2) is 17.8. The van der Waals surface area contributed by atoms with E-state index in [2.05, 4.69) is 52.2 Å². The standard InChI is InChI=1S/C37H45N17O6/c1-49-11-8-21(15-49)42-33(56)25-14-23(17-52(25)4)44-34(57)26-13-22(16-51(26)3)43-32(55)24(41-20-38)7-9-40-35(58)30-45-27(18-53(30)5)48-37(60)31-46-28(19-54(31)6)47-36(59)29-39-10-12-50(29)2/h8,10-19,24,41H,7,9,20,38H2,1-6H3,(H,40,58)(H,42,56)(H,43,55)(H,44,57)(H,47,59)(H,48,60). The van der Waals surface area contributed by atoms with Crippen molar-refractivity contribution in [3.8, 4) is 0 Å². The zero-order valence-electron chi connectivity index (χ0n) is 33.6. The summed E-state index contributed by atoms with van der Waals surface area (Å²) in [4.78, 5) is 90.5. The Labute approximate surface area is 342 Å². The van der Waals surface area contributed by atoms with Crippen LogP contribution >= 0.6 is 0 Å². The smallest absolute Gasteiger partial charge is 0.292 e. The summed E-state index contributed by atoms with van der Waals surface area (Å²) in [5, 5.41) is 19.2. The number of imidazole rings is 3. The van der Waals surface area contributed by atoms with Crippen LogP contribution in [0.15, 0.2) is 67.8 Å². The SMILES string of the molecule is Cn1ccc(NC(=O)c2cc(NC(=O)c3cc(NC(=O)C(CCNC(=O)c4nc(NC(=O)c5nc(NC(=O)c6nccn6C)cn5C)cn4C)NCN)cn3C)cn2C)c1. The van der Waals surface area contributed by atoms with Crippen molar-refractivity contribution in [2.24, 2.45) is 48.0 Å². The number of carbonyl (C=O) groups excluding carboxylic acids is 6. The van der Waals surface area contributed by atoms with E-state index in [9.17, 15) is 28.8 Å². The van der Waals surface area contributed by atoms with Crippen LogP contribution in [0.2, 0.25) is 0 Å². The number of nitrogens with zero attached hydrogens (tertiary/aromatic N) is 9. The van der Waals surface area contributed by atoms with Crippen molar-refractivity contribution < 1.29 is 28.8 Å². The molecule has 0 saturated carbocycles. The largest absolute Gasteiger partial charge is 0.355 e. The molecule has 1 unspecified atom stereocenters. The van der Waals surface area contributed by atoms with Gasteiger partial charge in [-0.3, -0.25) is 34.1 Å². The van der Waals surface area contributed by atoms with Crippen LogP contribution in [0.3, 0.4) is 0 Å². The van der Waals surface area contributed by atoms with Crippen molar-refractivity contribution in [3.05, 3.63) is 96.6 Å². The Morgan fingerprint density at radius 1 is 0.600 bits per heavy atom. The van der Waals surface area contributed by atoms with Crippen molar-refractivity contribution in [3.63, 3.8) is 0 Å². The number of aromatic nitrogens is 9. The number of amides is 6. The van der Waals surface area contributed by atoms with Gasteiger partial charge in [0.15, 0.2) is 17.5 Å². The average molecular weight is 824 g/mol. The van der Waals surface area contributed by atoms with Crippen LogP contribution in [0.25, 0.3) is 0 Å². The number of aryl methyl sites for hydroxylation is 6. The maximum absolute atomic E-state index is 13.3. The number of hydrogen-bond acceptors (Lipinski definition) is 11. The van der Waals surface area contributed by atoms with E-state index in [0.717, 1.165) is 0 Å². The fraction of sp³-hybridized carbons (Fsp3) is 0.270. The van der Waals surface area contributed by atoms with Crippen LogP contribution in [0, 0.1) is 0 Å². The first kappa shape index (κ1) is 41.8. The van der Waals surface area contributed by atoms with Gasteiger partial charge in [0.05, 0.1) is 23.1 Å². The summed E-state index contributed by atoms with van der Waals surface area (Å²) in [7, 11) is 10.0. The van der Waals surface area contributed by atoms with Gasteiger partial charge in [0.1, 0.15) is 11.4 Å². The van der Waals surface area contributed by atoms with Gasteiger partial charge in [-0.15, -0.1) is 0 Å². The lowest BCUT2D eigenvalue weighted by Gasteiger charge is -2.17. The molecule has 6 aromatic rings. The molecular formula is C37H45N17O6. The summed E-state index contributed by atoms with van der Waals surface area (Å²) in [5.74, 6) is -2.64. The molecule has 0 fully saturated rings. The van der Waals surface area contributed by atoms with E-state index in [-0.39, 0.29) is 60.3 Å². The van der Waals surface area contributed by atoms with Crippen molar-refractivity contribution in [2.45, 2.75) is 12.5 Å². The quantitative estimate of drug-likeness (QED) is 0.0624. The molecule has 23 heteroatoms. The molecular weight excluding hydrogens is 779 g/mol. The molecule has 9 N–H and O–H groups in total. The van der Waals surface area contributed by atoms with Gasteiger partial charge in [-0.2, -0.15) is 0 Å². The summed E-state index contributed by atoms with van der Waals surface area (Å²) in [6, 6.07) is 4.00. The molecule has 0 saturated heterocycles. The third kappa shape index (κ3) is 9.66. The lowest BCUT2D eigenvalue weighted by molar-refractivity contribution is -0.118. The normalized spacial score (nSPS) is 11.5. The summed E-state index contributed by atoms with van der Waals surface area (Å²) in [5.41, 5.74) is 7.66. The molecule has 6 amide bonds. The summed E-state index contributed by atoms with van der Waals surface area (Å²) >= 11 is 0. The lowest BCUT2D eigenvalue weighted by Crippen LogP contribution is -2.45. The third-order valence-corrected chi connectivity index (χ3v) is 9.16. The molecule has 0 aliphatic rings. The van der Waals surface area contributed by atoms with Gasteiger partial charge in [-0.05, 0) is 24.6 Å². The second-order valence-corrected chi connectivity index (χ2v) is 13.8. The van der Waals surface area contributed by atoms with Crippen LogP contribution in [0.1, 0.15) is 59.3 Å². The molecule has 0 bridgehead atoms. The number of hydrogen-bond donors (Lipinski definition) is 8. The molecule has 0 aromatic carbocycles. The predicted octanol–water partition coefficient (Wildman–Crippen LogP) is 0.545. The van der Waals surface area contributed by atoms with E-state index in [1.54, 1.807) is 85.9 Å². The van der Waals surface area contributed by atoms with Gasteiger partial charge in [-0.1, -0.05) is 0 Å². The highest BCUT2D eigenvalue weighted by Gasteiger charge is 2.23. The van der Waals surface area contributed by atoms with Crippen molar-refractivity contribution in [2.75, 3.05) is 39.8 Å². The van der Waals surface area contributed by atoms with Gasteiger partial charge in [0.25, 0.3) is 29.5 Å². The van der Waals surface area contributed by atoms with Crippen LogP contribution < -0.4 is 43.0 Å². The molecule has 6 heterocycles. The summed E-state index contributed by atoms with van der Waals surface area (Å²) in [6.45, 7) is 0.0106. The Morgan fingerprint density at radius 2 is 1.15 bits per heavy atom. The maximum Gasteiger partial charge on any atom is 0.292 e. The van der Waals surface area contributed by atoms with Crippen LogP contribution in [0.4, 0.5) is 28.7 Å². The Morgan fingerprint density at radius 3 is 1.68 bits per heavy atom. The van der Waals surface area contributed by atoms with Crippen LogP contribution in [-0.4, -0.2) is 97.1 Å². The molecule has 6 aromatic heterocycles. The van der Waals surface area contributed by atoms with Crippen molar-refractivity contribution in [1.29, 1.82) is 0 Å². The molecule has 0 spiro atoms. The van der Waals surface area contributed by atoms with E-state index >= 15 is 0 Å². The highest BCUT2D eigenvalue weighted by molar-refractivity contribution is 6.08. The average Bonchev–Trinajstić information content (AvgIpc) is 4.05. The van der Waals surface area contributed by atoms with Crippen LogP contribution in [0.5, 0.6) is 0 Å². The van der Waals surface area contributed by atoms with Gasteiger partial charge in [0.2, 0.25) is 17.6 Å². The molecule has 6 rings (SSSR count). The highest BCUT2D eigenvalue weighted by atomic mass is 16.2. The Hall–Kier alpha value is -7.79. The Kier molecular flexibility index (Phi) is 12.4. The van der Waals surface area contributed by atoms with Gasteiger partial charge >= 0.3 is 0 Å². The second-order valence-electron chi connectivity index (χ2n) is 13.8. The fourth-order valence-electron chi connectivity index (χ4n) is 6.20. The van der Waals surface area contributed by atoms with Crippen molar-refractivity contribution in [1.82, 2.24) is 53.0 Å². The monoisotopic (exact) mass is 823 g/mol. The molecule has 0 radical (unpaired) electrons. The number of carbonyl (C=O) groups is 6. The van der Waals surface area contributed by atoms with E-state index in [4.69, 9.17) is 5.73 Å². The van der Waals surface area contributed by atoms with Crippen molar-refractivity contribution >= 4 is 64.1 Å². The van der Waals surface area contributed by atoms with E-state index in [1.807, 2.05) is 17.8 Å². The minimum Gasteiger partial charge on any atom is -0.355 e. The first-order valence-electron chi connectivity index (χ1n) is 18.4. The summed E-state index contributed by atoms with van der Waals surface area (Å²) in [6.07, 6.45) is 12.9. The molecule has 1 atom stereocenters. The fourth-order valence-corrected chi connectivity index (χ4v) is 6.20. The first-order chi connectivity index (χ1) is 28.6. The topological polar surface area (TPSA) is 281 Å². The number of anilines is 5. The number of rotatable bonds is 16. The molecule has 23 nitrogen and oxygen atoms in total. The third-order valence-electron chi connectivity index (χ3n) is 9.16. The zero-order valence-corrected chi connectivity index (χ0v) is 33.6. The number of nitrogens with one attached hydrogen (secondary N) is 7. The zero-order chi connectivity index (χ0) is 43.2. The van der Waals surface area contributed by atoms with Gasteiger partial charge in [-0.25, -0.2) is 15.0 Å². The highest BCUT2D eigenvalue weighted by Crippen LogP contribution is 2.19. The van der Waals surface area contributed by atoms with E-state index in [1.165, 1.54) is 33.8 Å². The van der Waals surface area contributed by atoms with E-state index in [0.29, 0.717) is 22.8 Å². The maximum atomic E-state index is 13.3. The molecule has 314 valence electrons. The molecule has 0 aliphatic carbocycles. The van der Waals surface area contributed by atoms with Gasteiger partial charge < -0.3 is 65.0 Å². The molecule has 0 aliphatic heterocycles. The number of nitrogens with two attached hydrogens (primary N) is 1. The lowest BCUT2D eigenvalue weighted by atomic mass is 10.2. The predicted molar refractivity (Wildman–Crippen MR) is 219 cm³/mol. The van der Waals surface area contributed by atoms with Gasteiger partial charge in [0, 0.05) is 105 Å². The minimum absolute atomic E-state index is 0.0155. The molecule has 60 heavy (non-hydrogen) atoms. The van der Waals surface area contributed by atoms with Crippen LogP contribution in [-0.2, 0) is 47.1 Å². The van der Waals surface area contributed by atoms with E-state index < -0.39 is 35.6 Å². The Balaban J connectivity index is 0.995. The Bertz CT molecular complexity index is 2580. The minimum atomic E-state index is -0.829. The summed E-state index contributed by atoms with van der Waals surface area (Å²) < 4.78 is 9.34.